The molecule has 0 spiro atoms. The molecule has 4 nitrogen and oxygen atoms in total. The third-order valence-corrected chi connectivity index (χ3v) is 5.99. The van der Waals surface area contributed by atoms with Crippen LogP contribution in [0.25, 0.3) is 10.9 Å². The van der Waals surface area contributed by atoms with Gasteiger partial charge in [0.2, 0.25) is 5.91 Å². The molecule has 1 aliphatic rings. The van der Waals surface area contributed by atoms with Gasteiger partial charge < -0.3 is 10.3 Å². The Hall–Kier alpha value is -2.14. The third kappa shape index (κ3) is 3.61. The number of carbonyl (C=O) groups excluding carboxylic acids is 1. The van der Waals surface area contributed by atoms with Crippen LogP contribution in [0.2, 0.25) is 0 Å². The second-order valence-electron chi connectivity index (χ2n) is 7.00. The summed E-state index contributed by atoms with van der Waals surface area (Å²) in [5.74, 6) is 0.798. The molecule has 0 aliphatic heterocycles. The average molecular weight is 353 g/mol. The quantitative estimate of drug-likeness (QED) is 0.698. The van der Waals surface area contributed by atoms with Gasteiger partial charge in [0.05, 0.1) is 5.69 Å². The van der Waals surface area contributed by atoms with Crippen molar-refractivity contribution in [3.05, 3.63) is 46.6 Å². The number of fused-ring (bicyclic) bond motifs is 2. The summed E-state index contributed by atoms with van der Waals surface area (Å²) >= 11 is 1.65. The lowest BCUT2D eigenvalue weighted by Gasteiger charge is -2.15. The largest absolute Gasteiger partial charge is 0.361 e. The SMILES string of the molecule is C[C@H]1CCc2nc(NC(=O)CCCc3c[nH]c4ccccc34)sc2C1. The summed E-state index contributed by atoms with van der Waals surface area (Å²) < 4.78 is 0. The zero-order valence-electron chi connectivity index (χ0n) is 14.5. The number of aryl methyl sites for hydroxylation is 2. The zero-order chi connectivity index (χ0) is 17.2. The maximum atomic E-state index is 12.2. The Labute approximate surface area is 151 Å². The molecular weight excluding hydrogens is 330 g/mol. The van der Waals surface area contributed by atoms with E-state index in [0.717, 1.165) is 42.2 Å². The molecule has 3 aromatic rings. The Morgan fingerprint density at radius 2 is 2.28 bits per heavy atom. The Balaban J connectivity index is 1.31. The lowest BCUT2D eigenvalue weighted by Crippen LogP contribution is -2.11. The third-order valence-electron chi connectivity index (χ3n) is 4.96. The first-order valence-corrected chi connectivity index (χ1v) is 9.84. The molecule has 25 heavy (non-hydrogen) atoms. The second-order valence-corrected chi connectivity index (χ2v) is 8.08. The van der Waals surface area contributed by atoms with Crippen LogP contribution < -0.4 is 5.32 Å². The number of H-pyrrole nitrogens is 1. The molecule has 0 saturated heterocycles. The molecule has 0 bridgehead atoms. The smallest absolute Gasteiger partial charge is 0.226 e. The van der Waals surface area contributed by atoms with E-state index in [0.29, 0.717) is 6.42 Å². The number of hydrogen-bond acceptors (Lipinski definition) is 3. The van der Waals surface area contributed by atoms with E-state index in [9.17, 15) is 4.79 Å². The molecule has 2 aromatic heterocycles. The van der Waals surface area contributed by atoms with E-state index in [1.807, 2.05) is 6.07 Å². The number of benzene rings is 1. The van der Waals surface area contributed by atoms with Gasteiger partial charge in [-0.3, -0.25) is 4.79 Å². The lowest BCUT2D eigenvalue weighted by molar-refractivity contribution is -0.116. The number of hydrogen-bond donors (Lipinski definition) is 2. The highest BCUT2D eigenvalue weighted by molar-refractivity contribution is 7.15. The Morgan fingerprint density at radius 1 is 1.40 bits per heavy atom. The topological polar surface area (TPSA) is 57.8 Å². The van der Waals surface area contributed by atoms with E-state index in [2.05, 4.69) is 46.6 Å². The maximum Gasteiger partial charge on any atom is 0.226 e. The second kappa shape index (κ2) is 7.00. The van der Waals surface area contributed by atoms with Gasteiger partial charge in [0.15, 0.2) is 5.13 Å². The molecule has 2 heterocycles. The number of para-hydroxylation sites is 1. The van der Waals surface area contributed by atoms with Gasteiger partial charge in [0, 0.05) is 28.4 Å². The Kier molecular flexibility index (Phi) is 4.57. The van der Waals surface area contributed by atoms with Crippen LogP contribution in [0.3, 0.4) is 0 Å². The average Bonchev–Trinajstić information content (AvgIpc) is 3.18. The van der Waals surface area contributed by atoms with Gasteiger partial charge in [-0.05, 0) is 49.7 Å². The number of aromatic nitrogens is 2. The van der Waals surface area contributed by atoms with Crippen molar-refractivity contribution < 1.29 is 4.79 Å². The van der Waals surface area contributed by atoms with Gasteiger partial charge in [-0.25, -0.2) is 4.98 Å². The molecule has 0 radical (unpaired) electrons. The summed E-state index contributed by atoms with van der Waals surface area (Å²) in [5, 5.41) is 5.02. The van der Waals surface area contributed by atoms with E-state index in [-0.39, 0.29) is 5.91 Å². The Bertz CT molecular complexity index is 895. The predicted octanol–water partition coefficient (Wildman–Crippen LogP) is 4.71. The van der Waals surface area contributed by atoms with Crippen LogP contribution in [0, 0.1) is 5.92 Å². The number of nitrogens with zero attached hydrogens (tertiary/aromatic N) is 1. The Morgan fingerprint density at radius 3 is 3.20 bits per heavy atom. The van der Waals surface area contributed by atoms with Gasteiger partial charge in [-0.2, -0.15) is 0 Å². The van der Waals surface area contributed by atoms with Gasteiger partial charge in [0.1, 0.15) is 0 Å². The minimum absolute atomic E-state index is 0.0685. The molecule has 1 aromatic carbocycles. The van der Waals surface area contributed by atoms with Crippen molar-refractivity contribution in [2.45, 2.75) is 45.4 Å². The molecule has 5 heteroatoms. The molecule has 0 saturated carbocycles. The fraction of sp³-hybridized carbons (Fsp3) is 0.400. The summed E-state index contributed by atoms with van der Waals surface area (Å²) in [7, 11) is 0. The maximum absolute atomic E-state index is 12.2. The van der Waals surface area contributed by atoms with E-state index in [4.69, 9.17) is 0 Å². The van der Waals surface area contributed by atoms with Crippen molar-refractivity contribution in [1.82, 2.24) is 9.97 Å². The summed E-state index contributed by atoms with van der Waals surface area (Å²) in [6, 6.07) is 8.29. The number of amides is 1. The van der Waals surface area contributed by atoms with Crippen LogP contribution in [0.5, 0.6) is 0 Å². The number of aromatic amines is 1. The zero-order valence-corrected chi connectivity index (χ0v) is 15.3. The first-order valence-electron chi connectivity index (χ1n) is 9.02. The number of thiazole rings is 1. The molecule has 1 aliphatic carbocycles. The summed E-state index contributed by atoms with van der Waals surface area (Å²) in [5.41, 5.74) is 3.63. The monoisotopic (exact) mass is 353 g/mol. The minimum atomic E-state index is 0.0685. The predicted molar refractivity (Wildman–Crippen MR) is 103 cm³/mol. The van der Waals surface area contributed by atoms with Crippen LogP contribution in [-0.4, -0.2) is 15.9 Å². The molecule has 1 amide bonds. The highest BCUT2D eigenvalue weighted by Crippen LogP contribution is 2.32. The highest BCUT2D eigenvalue weighted by Gasteiger charge is 2.20. The minimum Gasteiger partial charge on any atom is -0.361 e. The van der Waals surface area contributed by atoms with Gasteiger partial charge in [-0.1, -0.05) is 25.1 Å². The highest BCUT2D eigenvalue weighted by atomic mass is 32.1. The molecule has 130 valence electrons. The summed E-state index contributed by atoms with van der Waals surface area (Å²) in [6.07, 6.45) is 7.68. The van der Waals surface area contributed by atoms with Crippen LogP contribution in [0.1, 0.15) is 42.3 Å². The summed E-state index contributed by atoms with van der Waals surface area (Å²) in [4.78, 5) is 21.5. The standard InChI is InChI=1S/C20H23N3OS/c1-13-9-10-17-18(11-13)25-20(22-17)23-19(24)8-4-5-14-12-21-16-7-3-2-6-15(14)16/h2-3,6-7,12-13,21H,4-5,8-11H2,1H3,(H,22,23,24)/t13-/m0/s1. The van der Waals surface area contributed by atoms with Gasteiger partial charge in [-0.15, -0.1) is 11.3 Å². The van der Waals surface area contributed by atoms with E-state index in [1.54, 1.807) is 11.3 Å². The van der Waals surface area contributed by atoms with Crippen LogP contribution in [0.15, 0.2) is 30.5 Å². The summed E-state index contributed by atoms with van der Waals surface area (Å²) in [6.45, 7) is 2.28. The fourth-order valence-corrected chi connectivity index (χ4v) is 4.74. The van der Waals surface area contributed by atoms with E-state index >= 15 is 0 Å². The molecule has 4 rings (SSSR count). The van der Waals surface area contributed by atoms with Crippen molar-refractivity contribution in [2.75, 3.05) is 5.32 Å². The van der Waals surface area contributed by atoms with Crippen LogP contribution >= 0.6 is 11.3 Å². The molecular formula is C20H23N3OS. The van der Waals surface area contributed by atoms with E-state index in [1.165, 1.54) is 27.9 Å². The van der Waals surface area contributed by atoms with E-state index < -0.39 is 0 Å². The van der Waals surface area contributed by atoms with Gasteiger partial charge >= 0.3 is 0 Å². The number of carbonyl (C=O) groups is 1. The van der Waals surface area contributed by atoms with Crippen LogP contribution in [-0.2, 0) is 24.1 Å². The van der Waals surface area contributed by atoms with Crippen molar-refractivity contribution in [3.8, 4) is 0 Å². The van der Waals surface area contributed by atoms with Crippen molar-refractivity contribution in [2.24, 2.45) is 5.92 Å². The number of rotatable bonds is 5. The first-order chi connectivity index (χ1) is 12.2. The number of nitrogens with one attached hydrogen (secondary N) is 2. The first kappa shape index (κ1) is 16.3. The molecule has 2 N–H and O–H groups in total. The normalized spacial score (nSPS) is 16.8. The van der Waals surface area contributed by atoms with Crippen molar-refractivity contribution in [1.29, 1.82) is 0 Å². The fourth-order valence-electron chi connectivity index (χ4n) is 3.55. The lowest BCUT2D eigenvalue weighted by atomic mass is 9.93. The van der Waals surface area contributed by atoms with Gasteiger partial charge in [0.25, 0.3) is 0 Å². The van der Waals surface area contributed by atoms with Crippen LogP contribution in [0.4, 0.5) is 5.13 Å². The van der Waals surface area contributed by atoms with Crippen molar-refractivity contribution >= 4 is 33.3 Å². The molecule has 1 atom stereocenters. The molecule has 0 fully saturated rings. The van der Waals surface area contributed by atoms with Crippen molar-refractivity contribution in [3.63, 3.8) is 0 Å². The number of anilines is 1. The molecule has 0 unspecified atom stereocenters.